The minimum absolute atomic E-state index is 0.0369. The van der Waals surface area contributed by atoms with Crippen molar-refractivity contribution in [1.29, 1.82) is 0 Å². The second kappa shape index (κ2) is 10.7. The van der Waals surface area contributed by atoms with Gasteiger partial charge in [0.25, 0.3) is 0 Å². The number of piperidine rings is 1. The van der Waals surface area contributed by atoms with Crippen molar-refractivity contribution in [3.05, 3.63) is 35.9 Å². The van der Waals surface area contributed by atoms with Gasteiger partial charge in [-0.05, 0) is 24.5 Å². The summed E-state index contributed by atoms with van der Waals surface area (Å²) in [6.45, 7) is 1.44. The van der Waals surface area contributed by atoms with E-state index in [0.717, 1.165) is 6.41 Å². The van der Waals surface area contributed by atoms with Crippen molar-refractivity contribution in [2.24, 2.45) is 34.5 Å². The molecular weight excluding hydrogens is 602 g/mol. The molecule has 4 unspecified atom stereocenters. The summed E-state index contributed by atoms with van der Waals surface area (Å²) in [4.78, 5) is 41.6. The van der Waals surface area contributed by atoms with Gasteiger partial charge in [-0.2, -0.15) is 0 Å². The molecule has 1 heterocycles. The maximum absolute atomic E-state index is 13.7. The SMILES string of the molecule is COC[C@]12CN(C=O)[C@@H]3C4C(OC)[C@H]1C3(C(OC)C[C@H]2O)[C@@H]1C[C@@]2(O)[C@H](OC(=O)c3ccccc3)[C@@H]1[C@]4(OC(C)=O)[C@@H](O)[C@@H]2OC. The number of nitrogens with zero attached hydrogens (tertiary/aromatic N) is 1. The molecule has 5 saturated carbocycles. The first-order valence-electron chi connectivity index (χ1n) is 15.8. The number of aliphatic hydroxyl groups excluding tert-OH is 2. The molecule has 7 rings (SSSR count). The molecule has 7 bridgehead atoms. The van der Waals surface area contributed by atoms with E-state index in [1.807, 2.05) is 0 Å². The fourth-order valence-corrected chi connectivity index (χ4v) is 12.0. The van der Waals surface area contributed by atoms with Crippen LogP contribution in [0.5, 0.6) is 0 Å². The number of hydrogen-bond donors (Lipinski definition) is 3. The molecule has 5 aliphatic carbocycles. The first kappa shape index (κ1) is 31.9. The molecule has 46 heavy (non-hydrogen) atoms. The van der Waals surface area contributed by atoms with Crippen molar-refractivity contribution >= 4 is 18.3 Å². The number of fused-ring (bicyclic) bond motifs is 2. The van der Waals surface area contributed by atoms with Crippen LogP contribution < -0.4 is 0 Å². The molecule has 1 aromatic carbocycles. The van der Waals surface area contributed by atoms with Gasteiger partial charge in [0.15, 0.2) is 5.60 Å². The minimum Gasteiger partial charge on any atom is -0.455 e. The molecule has 1 aliphatic heterocycles. The van der Waals surface area contributed by atoms with E-state index in [1.165, 1.54) is 28.3 Å². The van der Waals surface area contributed by atoms with Gasteiger partial charge >= 0.3 is 11.9 Å². The van der Waals surface area contributed by atoms with Crippen LogP contribution in [0, 0.1) is 34.5 Å². The molecule has 1 aromatic rings. The number of hydrogen-bond acceptors (Lipinski definition) is 12. The Morgan fingerprint density at radius 1 is 1.02 bits per heavy atom. The minimum atomic E-state index is -1.92. The Labute approximate surface area is 267 Å². The maximum Gasteiger partial charge on any atom is 0.338 e. The lowest BCUT2D eigenvalue weighted by atomic mass is 9.42. The number of likely N-dealkylation sites (tertiary alicyclic amines) is 1. The first-order valence-corrected chi connectivity index (χ1v) is 15.8. The van der Waals surface area contributed by atoms with E-state index in [4.69, 9.17) is 28.4 Å². The zero-order valence-electron chi connectivity index (χ0n) is 26.6. The van der Waals surface area contributed by atoms with Crippen LogP contribution in [0.15, 0.2) is 30.3 Å². The lowest BCUT2D eigenvalue weighted by molar-refractivity contribution is -0.319. The van der Waals surface area contributed by atoms with Gasteiger partial charge in [-0.3, -0.25) is 9.59 Å². The number of amides is 1. The smallest absolute Gasteiger partial charge is 0.338 e. The Kier molecular flexibility index (Phi) is 7.41. The summed E-state index contributed by atoms with van der Waals surface area (Å²) in [7, 11) is 5.95. The molecule has 6 aliphatic rings. The number of benzene rings is 1. The quantitative estimate of drug-likeness (QED) is 0.239. The summed E-state index contributed by atoms with van der Waals surface area (Å²) in [5.74, 6) is -4.46. The van der Waals surface area contributed by atoms with Crippen LogP contribution in [0.25, 0.3) is 0 Å². The summed E-state index contributed by atoms with van der Waals surface area (Å²) in [5, 5.41) is 37.0. The van der Waals surface area contributed by atoms with Crippen LogP contribution in [0.4, 0.5) is 0 Å². The van der Waals surface area contributed by atoms with Crippen LogP contribution in [-0.2, 0) is 38.0 Å². The summed E-state index contributed by atoms with van der Waals surface area (Å²) >= 11 is 0. The lowest BCUT2D eigenvalue weighted by Gasteiger charge is -2.69. The van der Waals surface area contributed by atoms with Gasteiger partial charge in [0, 0.05) is 83.0 Å². The molecule has 0 aromatic heterocycles. The number of carbonyl (C=O) groups is 3. The van der Waals surface area contributed by atoms with Crippen molar-refractivity contribution in [3.63, 3.8) is 0 Å². The highest BCUT2D eigenvalue weighted by molar-refractivity contribution is 5.89. The summed E-state index contributed by atoms with van der Waals surface area (Å²) in [6, 6.07) is 7.64. The van der Waals surface area contributed by atoms with E-state index in [2.05, 4.69) is 0 Å². The van der Waals surface area contributed by atoms with Crippen LogP contribution in [-0.4, -0.2) is 134 Å². The average molecular weight is 646 g/mol. The fourth-order valence-electron chi connectivity index (χ4n) is 12.0. The Balaban J connectivity index is 1.53. The van der Waals surface area contributed by atoms with Crippen molar-refractivity contribution in [1.82, 2.24) is 4.90 Å². The van der Waals surface area contributed by atoms with E-state index >= 15 is 0 Å². The molecule has 0 radical (unpaired) electrons. The molecule has 252 valence electrons. The average Bonchev–Trinajstić information content (AvgIpc) is 3.41. The number of methoxy groups -OCH3 is 4. The zero-order valence-corrected chi connectivity index (χ0v) is 26.6. The standard InChI is InChI=1S/C33H43NO12/c1-16(36)46-33-21-18(12-31(40,28(44-5)26(33)38)27(21)45-29(39)17-9-7-6-8-10-17)32-20(42-3)11-19(37)30(14-41-2)13-34(15-35)25(32)22(33)23(43-4)24(30)32/h6-10,15,18-28,37-38,40H,11-14H2,1-5H3/t18-,19-,20?,21-,22?,23?,24-,25-,26+,27-,28+,30+,31-,32?,33-/m1/s1. The maximum atomic E-state index is 13.7. The van der Waals surface area contributed by atoms with Gasteiger partial charge < -0.3 is 48.6 Å². The Morgan fingerprint density at radius 2 is 1.74 bits per heavy atom. The topological polar surface area (TPSA) is 171 Å². The van der Waals surface area contributed by atoms with Gasteiger partial charge in [-0.15, -0.1) is 0 Å². The molecular formula is C33H43NO12. The monoisotopic (exact) mass is 645 g/mol. The van der Waals surface area contributed by atoms with E-state index < -0.39 is 100 Å². The van der Waals surface area contributed by atoms with Crippen molar-refractivity contribution < 1.29 is 58.1 Å². The molecule has 1 spiro atoms. The van der Waals surface area contributed by atoms with E-state index in [0.29, 0.717) is 0 Å². The predicted molar refractivity (Wildman–Crippen MR) is 156 cm³/mol. The van der Waals surface area contributed by atoms with Crippen LogP contribution in [0.1, 0.15) is 30.1 Å². The Morgan fingerprint density at radius 3 is 2.33 bits per heavy atom. The highest BCUT2D eigenvalue weighted by Gasteiger charge is 2.92. The van der Waals surface area contributed by atoms with Gasteiger partial charge in [-0.1, -0.05) is 18.2 Å². The molecule has 1 amide bonds. The van der Waals surface area contributed by atoms with Gasteiger partial charge in [0.05, 0.1) is 30.5 Å². The van der Waals surface area contributed by atoms with Crippen LogP contribution >= 0.6 is 0 Å². The summed E-state index contributed by atoms with van der Waals surface area (Å²) < 4.78 is 36.8. The molecule has 13 heteroatoms. The summed E-state index contributed by atoms with van der Waals surface area (Å²) in [5.41, 5.74) is -5.54. The zero-order chi connectivity index (χ0) is 33.0. The van der Waals surface area contributed by atoms with Crippen molar-refractivity contribution in [2.75, 3.05) is 41.6 Å². The highest BCUT2D eigenvalue weighted by Crippen LogP contribution is 2.80. The molecule has 15 atom stereocenters. The second-order valence-corrected chi connectivity index (χ2v) is 14.1. The predicted octanol–water partition coefficient (Wildman–Crippen LogP) is -0.215. The first-order chi connectivity index (χ1) is 22.0. The van der Waals surface area contributed by atoms with Crippen molar-refractivity contribution in [3.8, 4) is 0 Å². The largest absolute Gasteiger partial charge is 0.455 e. The Hall–Kier alpha value is -2.65. The lowest BCUT2D eigenvalue weighted by Crippen LogP contribution is -2.81. The third kappa shape index (κ3) is 3.52. The van der Waals surface area contributed by atoms with Gasteiger partial charge in [0.1, 0.15) is 23.9 Å². The number of rotatable bonds is 9. The summed E-state index contributed by atoms with van der Waals surface area (Å²) in [6.07, 6.45) is -5.77. The van der Waals surface area contributed by atoms with E-state index in [1.54, 1.807) is 42.3 Å². The Bertz CT molecular complexity index is 1400. The number of aliphatic hydroxyl groups is 3. The molecule has 13 nitrogen and oxygen atoms in total. The van der Waals surface area contributed by atoms with Gasteiger partial charge in [-0.25, -0.2) is 4.79 Å². The van der Waals surface area contributed by atoms with Crippen molar-refractivity contribution in [2.45, 2.75) is 73.6 Å². The fraction of sp³-hybridized carbons (Fsp3) is 0.727. The van der Waals surface area contributed by atoms with Crippen LogP contribution in [0.3, 0.4) is 0 Å². The van der Waals surface area contributed by atoms with E-state index in [9.17, 15) is 29.7 Å². The third-order valence-corrected chi connectivity index (χ3v) is 12.8. The molecule has 6 fully saturated rings. The van der Waals surface area contributed by atoms with E-state index in [-0.39, 0.29) is 31.6 Å². The normalized spacial score (nSPS) is 49.4. The van der Waals surface area contributed by atoms with Gasteiger partial charge in [0.2, 0.25) is 6.41 Å². The third-order valence-electron chi connectivity index (χ3n) is 12.8. The highest BCUT2D eigenvalue weighted by atomic mass is 16.6. The molecule has 3 N–H and O–H groups in total. The number of esters is 2. The molecule has 1 saturated heterocycles. The number of ether oxygens (including phenoxy) is 6. The number of carbonyl (C=O) groups excluding carboxylic acids is 3. The van der Waals surface area contributed by atoms with Crippen LogP contribution in [0.2, 0.25) is 0 Å². The second-order valence-electron chi connectivity index (χ2n) is 14.1.